The van der Waals surface area contributed by atoms with Crippen molar-refractivity contribution < 1.29 is 4.74 Å². The molecule has 1 atom stereocenters. The Morgan fingerprint density at radius 3 is 2.64 bits per heavy atom. The average molecular weight is 337 g/mol. The molecule has 0 fully saturated rings. The molecular formula is C17H18Cl2N2O. The van der Waals surface area contributed by atoms with E-state index in [2.05, 4.69) is 11.8 Å². The van der Waals surface area contributed by atoms with E-state index in [9.17, 15) is 0 Å². The van der Waals surface area contributed by atoms with Crippen molar-refractivity contribution in [1.29, 1.82) is 0 Å². The number of nitrogens with zero attached hydrogens (tertiary/aromatic N) is 1. The molecule has 1 aliphatic heterocycles. The number of halogens is 2. The van der Waals surface area contributed by atoms with Crippen LogP contribution >= 0.6 is 23.2 Å². The highest BCUT2D eigenvalue weighted by Crippen LogP contribution is 2.38. The lowest BCUT2D eigenvalue weighted by molar-refractivity contribution is 0.189. The molecule has 2 aromatic rings. The van der Waals surface area contributed by atoms with Crippen LogP contribution < -0.4 is 15.4 Å². The molecule has 22 heavy (non-hydrogen) atoms. The summed E-state index contributed by atoms with van der Waals surface area (Å²) in [6, 6.07) is 11.3. The van der Waals surface area contributed by atoms with Gasteiger partial charge in [-0.2, -0.15) is 0 Å². The zero-order valence-corrected chi connectivity index (χ0v) is 13.9. The highest BCUT2D eigenvalue weighted by atomic mass is 35.5. The van der Waals surface area contributed by atoms with Crippen LogP contribution in [0.2, 0.25) is 10.0 Å². The first-order chi connectivity index (χ1) is 10.6. The van der Waals surface area contributed by atoms with Gasteiger partial charge in [0.2, 0.25) is 0 Å². The number of fused-ring (bicyclic) bond motifs is 1. The summed E-state index contributed by atoms with van der Waals surface area (Å²) in [5.41, 5.74) is 8.53. The van der Waals surface area contributed by atoms with Gasteiger partial charge in [-0.05, 0) is 30.7 Å². The monoisotopic (exact) mass is 336 g/mol. The number of hydrogen-bond donors (Lipinski definition) is 1. The third-order valence-corrected chi connectivity index (χ3v) is 4.62. The van der Waals surface area contributed by atoms with Gasteiger partial charge in [0.1, 0.15) is 11.9 Å². The van der Waals surface area contributed by atoms with Crippen LogP contribution in [-0.4, -0.2) is 12.6 Å². The molecule has 3 nitrogen and oxygen atoms in total. The van der Waals surface area contributed by atoms with Crippen molar-refractivity contribution in [3.63, 3.8) is 0 Å². The molecular weight excluding hydrogens is 319 g/mol. The lowest BCUT2D eigenvalue weighted by Gasteiger charge is -2.36. The van der Waals surface area contributed by atoms with Gasteiger partial charge in [0.05, 0.1) is 12.2 Å². The smallest absolute Gasteiger partial charge is 0.145 e. The normalized spacial score (nSPS) is 17.0. The van der Waals surface area contributed by atoms with Crippen LogP contribution in [0.3, 0.4) is 0 Å². The van der Waals surface area contributed by atoms with Gasteiger partial charge in [-0.15, -0.1) is 0 Å². The first kappa shape index (κ1) is 15.3. The van der Waals surface area contributed by atoms with E-state index in [-0.39, 0.29) is 6.10 Å². The van der Waals surface area contributed by atoms with Gasteiger partial charge in [-0.3, -0.25) is 0 Å². The first-order valence-corrected chi connectivity index (χ1v) is 8.08. The number of ether oxygens (including phenoxy) is 1. The molecule has 2 N–H and O–H groups in total. The lowest BCUT2D eigenvalue weighted by atomic mass is 10.1. The predicted octanol–water partition coefficient (Wildman–Crippen LogP) is 4.75. The third-order valence-electron chi connectivity index (χ3n) is 3.91. The van der Waals surface area contributed by atoms with Gasteiger partial charge in [0.25, 0.3) is 0 Å². The number of nitrogen functional groups attached to an aromatic ring is 1. The Bertz CT molecular complexity index is 670. The van der Waals surface area contributed by atoms with Crippen LogP contribution in [0.1, 0.15) is 18.9 Å². The Kier molecular flexibility index (Phi) is 4.37. The van der Waals surface area contributed by atoms with Crippen LogP contribution in [0.15, 0.2) is 36.4 Å². The molecule has 116 valence electrons. The SMILES string of the molecule is CCC1CN(Cc2c(Cl)cccc2Cl)c2ccc(N)cc2O1. The Morgan fingerprint density at radius 1 is 1.23 bits per heavy atom. The molecule has 0 aliphatic carbocycles. The first-order valence-electron chi connectivity index (χ1n) is 7.32. The van der Waals surface area contributed by atoms with E-state index in [0.717, 1.165) is 30.0 Å². The molecule has 1 aliphatic rings. The fraction of sp³-hybridized carbons (Fsp3) is 0.294. The maximum atomic E-state index is 6.31. The minimum absolute atomic E-state index is 0.135. The highest BCUT2D eigenvalue weighted by Gasteiger charge is 2.25. The van der Waals surface area contributed by atoms with Gasteiger partial charge in [-0.25, -0.2) is 0 Å². The van der Waals surface area contributed by atoms with Crippen molar-refractivity contribution in [1.82, 2.24) is 0 Å². The molecule has 0 radical (unpaired) electrons. The van der Waals surface area contributed by atoms with E-state index in [1.165, 1.54) is 0 Å². The summed E-state index contributed by atoms with van der Waals surface area (Å²) in [6.45, 7) is 3.56. The highest BCUT2D eigenvalue weighted by molar-refractivity contribution is 6.36. The van der Waals surface area contributed by atoms with Gasteiger partial charge in [0.15, 0.2) is 0 Å². The van der Waals surface area contributed by atoms with E-state index in [1.54, 1.807) is 0 Å². The number of rotatable bonds is 3. The molecule has 1 unspecified atom stereocenters. The molecule has 3 rings (SSSR count). The predicted molar refractivity (Wildman–Crippen MR) is 93.1 cm³/mol. The molecule has 5 heteroatoms. The standard InChI is InChI=1S/C17H18Cl2N2O/c1-2-12-9-21(10-13-14(18)4-3-5-15(13)19)16-7-6-11(20)8-17(16)22-12/h3-8,12H,2,9-10,20H2,1H3. The second-order valence-electron chi connectivity index (χ2n) is 5.46. The van der Waals surface area contributed by atoms with Crippen molar-refractivity contribution in [2.24, 2.45) is 0 Å². The number of hydrogen-bond acceptors (Lipinski definition) is 3. The minimum atomic E-state index is 0.135. The Balaban J connectivity index is 1.96. The van der Waals surface area contributed by atoms with Crippen LogP contribution in [0, 0.1) is 0 Å². The van der Waals surface area contributed by atoms with E-state index < -0.39 is 0 Å². The molecule has 0 saturated heterocycles. The second kappa shape index (κ2) is 6.27. The van der Waals surface area contributed by atoms with Crippen molar-refractivity contribution in [3.8, 4) is 5.75 Å². The van der Waals surface area contributed by atoms with Crippen molar-refractivity contribution in [2.75, 3.05) is 17.2 Å². The molecule has 2 aromatic carbocycles. The number of benzene rings is 2. The molecule has 0 saturated carbocycles. The molecule has 0 spiro atoms. The van der Waals surface area contributed by atoms with Gasteiger partial charge >= 0.3 is 0 Å². The fourth-order valence-electron chi connectivity index (χ4n) is 2.68. The molecule has 0 aromatic heterocycles. The molecule has 0 bridgehead atoms. The molecule has 0 amide bonds. The number of nitrogens with two attached hydrogens (primary N) is 1. The summed E-state index contributed by atoms with van der Waals surface area (Å²) in [4.78, 5) is 2.25. The summed E-state index contributed by atoms with van der Waals surface area (Å²) >= 11 is 12.6. The van der Waals surface area contributed by atoms with Crippen molar-refractivity contribution in [3.05, 3.63) is 52.0 Å². The summed E-state index contributed by atoms with van der Waals surface area (Å²) in [5, 5.41) is 1.37. The Morgan fingerprint density at radius 2 is 1.95 bits per heavy atom. The van der Waals surface area contributed by atoms with Gasteiger partial charge in [0, 0.05) is 33.9 Å². The van der Waals surface area contributed by atoms with E-state index in [1.807, 2.05) is 36.4 Å². The van der Waals surface area contributed by atoms with Crippen molar-refractivity contribution in [2.45, 2.75) is 26.0 Å². The number of anilines is 2. The quantitative estimate of drug-likeness (QED) is 0.821. The van der Waals surface area contributed by atoms with E-state index >= 15 is 0 Å². The third kappa shape index (κ3) is 2.96. The summed E-state index contributed by atoms with van der Waals surface area (Å²) in [5.74, 6) is 0.821. The van der Waals surface area contributed by atoms with Gasteiger partial charge < -0.3 is 15.4 Å². The van der Waals surface area contributed by atoms with Crippen molar-refractivity contribution >= 4 is 34.6 Å². The zero-order chi connectivity index (χ0) is 15.7. The summed E-state index contributed by atoms with van der Waals surface area (Å²) in [6.07, 6.45) is 1.07. The lowest BCUT2D eigenvalue weighted by Crippen LogP contribution is -2.39. The Hall–Kier alpha value is -1.58. The average Bonchev–Trinajstić information content (AvgIpc) is 2.50. The Labute approximate surface area is 140 Å². The van der Waals surface area contributed by atoms with Crippen LogP contribution in [0.4, 0.5) is 11.4 Å². The van der Waals surface area contributed by atoms with Crippen LogP contribution in [0.5, 0.6) is 5.75 Å². The fourth-order valence-corrected chi connectivity index (χ4v) is 3.20. The second-order valence-corrected chi connectivity index (χ2v) is 6.27. The largest absolute Gasteiger partial charge is 0.486 e. The topological polar surface area (TPSA) is 38.5 Å². The van der Waals surface area contributed by atoms with E-state index in [0.29, 0.717) is 22.3 Å². The summed E-state index contributed by atoms with van der Waals surface area (Å²) in [7, 11) is 0. The van der Waals surface area contributed by atoms with Crippen LogP contribution in [-0.2, 0) is 6.54 Å². The van der Waals surface area contributed by atoms with Crippen LogP contribution in [0.25, 0.3) is 0 Å². The maximum absolute atomic E-state index is 6.31. The van der Waals surface area contributed by atoms with Gasteiger partial charge in [-0.1, -0.05) is 36.2 Å². The maximum Gasteiger partial charge on any atom is 0.145 e. The zero-order valence-electron chi connectivity index (χ0n) is 12.4. The minimum Gasteiger partial charge on any atom is -0.486 e. The summed E-state index contributed by atoms with van der Waals surface area (Å²) < 4.78 is 6.00. The van der Waals surface area contributed by atoms with E-state index in [4.69, 9.17) is 33.7 Å². The molecule has 1 heterocycles.